The van der Waals surface area contributed by atoms with Crippen LogP contribution in [0.5, 0.6) is 0 Å². The summed E-state index contributed by atoms with van der Waals surface area (Å²) >= 11 is 0. The molecule has 138 valence electrons. The van der Waals surface area contributed by atoms with Crippen LogP contribution in [0.15, 0.2) is 53.6 Å². The van der Waals surface area contributed by atoms with Gasteiger partial charge in [-0.15, -0.1) is 0 Å². The van der Waals surface area contributed by atoms with Crippen LogP contribution in [0.2, 0.25) is 0 Å². The van der Waals surface area contributed by atoms with Gasteiger partial charge in [-0.2, -0.15) is 5.10 Å². The molecule has 0 spiro atoms. The van der Waals surface area contributed by atoms with Gasteiger partial charge in [-0.25, -0.2) is 9.80 Å². The first-order valence-corrected chi connectivity index (χ1v) is 8.45. The number of hydrogen-bond donors (Lipinski definition) is 1. The smallest absolute Gasteiger partial charge is 0.337 e. The average molecular weight is 365 g/mol. The molecule has 27 heavy (non-hydrogen) atoms. The Balaban J connectivity index is 1.81. The number of amides is 2. The Morgan fingerprint density at radius 2 is 1.89 bits per heavy atom. The monoisotopic (exact) mass is 365 g/mol. The van der Waals surface area contributed by atoms with Gasteiger partial charge in [-0.1, -0.05) is 18.2 Å². The fraction of sp³-hybridized carbons (Fsp3) is 0.200. The molecule has 7 nitrogen and oxygen atoms in total. The van der Waals surface area contributed by atoms with E-state index in [0.717, 1.165) is 5.56 Å². The minimum absolute atomic E-state index is 0.162. The van der Waals surface area contributed by atoms with Crippen molar-refractivity contribution in [2.75, 3.05) is 17.4 Å². The lowest BCUT2D eigenvalue weighted by Crippen LogP contribution is -2.36. The number of esters is 1. The Kier molecular flexibility index (Phi) is 5.30. The van der Waals surface area contributed by atoms with Crippen molar-refractivity contribution in [2.24, 2.45) is 5.10 Å². The minimum Gasteiger partial charge on any atom is -0.465 e. The van der Waals surface area contributed by atoms with Crippen LogP contribution in [0.3, 0.4) is 0 Å². The number of rotatable bonds is 4. The minimum atomic E-state index is -0.489. The van der Waals surface area contributed by atoms with Gasteiger partial charge in [-0.3, -0.25) is 9.59 Å². The van der Waals surface area contributed by atoms with Gasteiger partial charge in [0.15, 0.2) is 0 Å². The lowest BCUT2D eigenvalue weighted by Gasteiger charge is -2.23. The van der Waals surface area contributed by atoms with Gasteiger partial charge in [0, 0.05) is 18.5 Å². The molecule has 0 unspecified atom stereocenters. The fourth-order valence-electron chi connectivity index (χ4n) is 2.72. The number of benzene rings is 2. The second-order valence-corrected chi connectivity index (χ2v) is 6.12. The van der Waals surface area contributed by atoms with Gasteiger partial charge in [0.25, 0.3) is 5.91 Å². The normalized spacial score (nSPS) is 13.8. The molecule has 7 heteroatoms. The van der Waals surface area contributed by atoms with E-state index in [-0.39, 0.29) is 24.5 Å². The number of ether oxygens (including phenoxy) is 1. The summed E-state index contributed by atoms with van der Waals surface area (Å²) in [4.78, 5) is 36.4. The molecule has 1 heterocycles. The molecule has 1 aliphatic rings. The second-order valence-electron chi connectivity index (χ2n) is 6.12. The summed E-state index contributed by atoms with van der Waals surface area (Å²) in [5.41, 5.74) is 2.64. The molecule has 1 aliphatic heterocycles. The summed E-state index contributed by atoms with van der Waals surface area (Å²) in [5.74, 6) is -1.07. The third kappa shape index (κ3) is 4.20. The highest BCUT2D eigenvalue weighted by Gasteiger charge is 2.25. The van der Waals surface area contributed by atoms with Crippen molar-refractivity contribution in [3.63, 3.8) is 0 Å². The Hall–Kier alpha value is -3.48. The highest BCUT2D eigenvalue weighted by Crippen LogP contribution is 2.22. The number of carbonyl (C=O) groups is 3. The van der Waals surface area contributed by atoms with Crippen molar-refractivity contribution < 1.29 is 19.1 Å². The number of nitrogens with one attached hydrogen (secondary N) is 1. The molecule has 1 N–H and O–H groups in total. The van der Waals surface area contributed by atoms with E-state index in [1.807, 2.05) is 25.1 Å². The van der Waals surface area contributed by atoms with Crippen molar-refractivity contribution in [2.45, 2.75) is 19.8 Å². The largest absolute Gasteiger partial charge is 0.465 e. The molecule has 0 atom stereocenters. The Morgan fingerprint density at radius 1 is 1.11 bits per heavy atom. The maximum Gasteiger partial charge on any atom is 0.337 e. The third-order valence-electron chi connectivity index (χ3n) is 4.08. The number of hydrazone groups is 1. The van der Waals surface area contributed by atoms with E-state index >= 15 is 0 Å². The van der Waals surface area contributed by atoms with Crippen LogP contribution in [0.4, 0.5) is 11.4 Å². The summed E-state index contributed by atoms with van der Waals surface area (Å²) < 4.78 is 4.68. The van der Waals surface area contributed by atoms with Crippen molar-refractivity contribution in [1.29, 1.82) is 0 Å². The first-order chi connectivity index (χ1) is 13.0. The van der Waals surface area contributed by atoms with Crippen LogP contribution in [-0.4, -0.2) is 30.6 Å². The summed E-state index contributed by atoms with van der Waals surface area (Å²) in [7, 11) is 1.29. The number of hydrogen-bond acceptors (Lipinski definition) is 5. The highest BCUT2D eigenvalue weighted by molar-refractivity contribution is 6.44. The molecule has 2 amide bonds. The Morgan fingerprint density at radius 3 is 2.63 bits per heavy atom. The van der Waals surface area contributed by atoms with E-state index in [2.05, 4.69) is 15.2 Å². The topological polar surface area (TPSA) is 88.1 Å². The molecule has 0 bridgehead atoms. The SMILES string of the molecule is COC(=O)c1cccc(NC(=O)C2=NN(c3cccc(C)c3)C(=O)CC2)c1. The predicted octanol–water partition coefficient (Wildman–Crippen LogP) is 2.90. The van der Waals surface area contributed by atoms with E-state index in [1.165, 1.54) is 18.2 Å². The molecule has 0 saturated carbocycles. The number of aryl methyl sites for hydroxylation is 1. The number of carbonyl (C=O) groups excluding carboxylic acids is 3. The maximum absolute atomic E-state index is 12.6. The van der Waals surface area contributed by atoms with Crippen LogP contribution >= 0.6 is 0 Å². The van der Waals surface area contributed by atoms with E-state index in [9.17, 15) is 14.4 Å². The molecule has 2 aromatic carbocycles. The van der Waals surface area contributed by atoms with Gasteiger partial charge < -0.3 is 10.1 Å². The molecule has 3 rings (SSSR count). The predicted molar refractivity (Wildman–Crippen MR) is 102 cm³/mol. The van der Waals surface area contributed by atoms with Crippen molar-refractivity contribution in [3.8, 4) is 0 Å². The third-order valence-corrected chi connectivity index (χ3v) is 4.08. The van der Waals surface area contributed by atoms with Gasteiger partial charge in [0.1, 0.15) is 5.71 Å². The van der Waals surface area contributed by atoms with Crippen LogP contribution < -0.4 is 10.3 Å². The Labute approximate surface area is 156 Å². The van der Waals surface area contributed by atoms with Crippen molar-refractivity contribution in [3.05, 3.63) is 59.7 Å². The maximum atomic E-state index is 12.6. The van der Waals surface area contributed by atoms with E-state index in [0.29, 0.717) is 16.9 Å². The molecule has 2 aromatic rings. The second kappa shape index (κ2) is 7.82. The zero-order chi connectivity index (χ0) is 19.4. The molecule has 0 radical (unpaired) electrons. The zero-order valence-corrected chi connectivity index (χ0v) is 15.1. The standard InChI is InChI=1S/C20H19N3O4/c1-13-5-3-8-16(11-13)23-18(24)10-9-17(22-23)19(25)21-15-7-4-6-14(12-15)20(26)27-2/h3-8,11-12H,9-10H2,1-2H3,(H,21,25). The first kappa shape index (κ1) is 18.3. The molecular weight excluding hydrogens is 346 g/mol. The lowest BCUT2D eigenvalue weighted by atomic mass is 10.1. The highest BCUT2D eigenvalue weighted by atomic mass is 16.5. The molecule has 0 aromatic heterocycles. The summed E-state index contributed by atoms with van der Waals surface area (Å²) in [6, 6.07) is 13.8. The zero-order valence-electron chi connectivity index (χ0n) is 15.1. The average Bonchev–Trinajstić information content (AvgIpc) is 2.67. The van der Waals surface area contributed by atoms with Gasteiger partial charge in [0.05, 0.1) is 18.4 Å². The lowest BCUT2D eigenvalue weighted by molar-refractivity contribution is -0.118. The van der Waals surface area contributed by atoms with Crippen LogP contribution in [0.25, 0.3) is 0 Å². The van der Waals surface area contributed by atoms with Crippen LogP contribution in [-0.2, 0) is 14.3 Å². The van der Waals surface area contributed by atoms with Gasteiger partial charge in [0.2, 0.25) is 5.91 Å². The molecule has 0 aliphatic carbocycles. The van der Waals surface area contributed by atoms with Crippen LogP contribution in [0.1, 0.15) is 28.8 Å². The molecule has 0 fully saturated rings. The van der Waals surface area contributed by atoms with Crippen molar-refractivity contribution >= 4 is 34.9 Å². The van der Waals surface area contributed by atoms with Gasteiger partial charge >= 0.3 is 5.97 Å². The number of methoxy groups -OCH3 is 1. The Bertz CT molecular complexity index is 936. The van der Waals surface area contributed by atoms with E-state index in [1.54, 1.807) is 24.3 Å². The quantitative estimate of drug-likeness (QED) is 0.844. The summed E-state index contributed by atoms with van der Waals surface area (Å²) in [5, 5.41) is 8.21. The van der Waals surface area contributed by atoms with Gasteiger partial charge in [-0.05, 0) is 42.8 Å². The first-order valence-electron chi connectivity index (χ1n) is 8.45. The summed E-state index contributed by atoms with van der Waals surface area (Å²) in [6.07, 6.45) is 0.450. The fourth-order valence-corrected chi connectivity index (χ4v) is 2.72. The van der Waals surface area contributed by atoms with Crippen molar-refractivity contribution in [1.82, 2.24) is 0 Å². The number of nitrogens with zero attached hydrogens (tertiary/aromatic N) is 2. The van der Waals surface area contributed by atoms with E-state index in [4.69, 9.17) is 0 Å². The number of anilines is 2. The molecular formula is C20H19N3O4. The van der Waals surface area contributed by atoms with Crippen LogP contribution in [0, 0.1) is 6.92 Å². The van der Waals surface area contributed by atoms with E-state index < -0.39 is 11.9 Å². The summed E-state index contributed by atoms with van der Waals surface area (Å²) in [6.45, 7) is 1.92. The molecule has 0 saturated heterocycles.